The first-order valence-corrected chi connectivity index (χ1v) is 8.30. The van der Waals surface area contributed by atoms with Crippen LogP contribution in [0.15, 0.2) is 11.1 Å². The van der Waals surface area contributed by atoms with Crippen molar-refractivity contribution in [3.63, 3.8) is 0 Å². The molecule has 1 fully saturated rings. The Morgan fingerprint density at radius 2 is 1.89 bits per heavy atom. The third kappa shape index (κ3) is 3.15. The summed E-state index contributed by atoms with van der Waals surface area (Å²) in [5.41, 5.74) is 5.77. The fourth-order valence-electron chi connectivity index (χ4n) is 2.19. The van der Waals surface area contributed by atoms with Gasteiger partial charge in [0.15, 0.2) is 9.84 Å². The van der Waals surface area contributed by atoms with Crippen LogP contribution in [0.1, 0.15) is 32.6 Å². The van der Waals surface area contributed by atoms with E-state index in [2.05, 4.69) is 14.9 Å². The van der Waals surface area contributed by atoms with Crippen LogP contribution in [0.4, 0.5) is 11.8 Å². The molecule has 6 nitrogen and oxygen atoms in total. The second-order valence-electron chi connectivity index (χ2n) is 4.72. The van der Waals surface area contributed by atoms with Crippen molar-refractivity contribution in [3.8, 4) is 0 Å². The van der Waals surface area contributed by atoms with Crippen LogP contribution in [-0.2, 0) is 9.84 Å². The summed E-state index contributed by atoms with van der Waals surface area (Å²) >= 11 is 0. The van der Waals surface area contributed by atoms with E-state index in [0.29, 0.717) is 5.95 Å². The summed E-state index contributed by atoms with van der Waals surface area (Å²) in [7, 11) is -3.35. The summed E-state index contributed by atoms with van der Waals surface area (Å²) in [6.45, 7) is 3.39. The third-order valence-corrected chi connectivity index (χ3v) is 5.12. The van der Waals surface area contributed by atoms with Crippen LogP contribution >= 0.6 is 0 Å². The molecular formula is C12H20N4O2S. The first-order chi connectivity index (χ1) is 9.04. The van der Waals surface area contributed by atoms with Gasteiger partial charge in [-0.3, -0.25) is 0 Å². The van der Waals surface area contributed by atoms with Gasteiger partial charge in [0.1, 0.15) is 10.7 Å². The van der Waals surface area contributed by atoms with E-state index in [1.54, 1.807) is 6.92 Å². The normalized spacial score (nSPS) is 17.2. The summed E-state index contributed by atoms with van der Waals surface area (Å²) in [4.78, 5) is 10.5. The fourth-order valence-corrected chi connectivity index (χ4v) is 3.08. The number of anilines is 2. The molecule has 1 aliphatic heterocycles. The van der Waals surface area contributed by atoms with E-state index < -0.39 is 9.84 Å². The van der Waals surface area contributed by atoms with Crippen molar-refractivity contribution in [2.24, 2.45) is 0 Å². The van der Waals surface area contributed by atoms with Crippen molar-refractivity contribution in [1.29, 1.82) is 0 Å². The Labute approximate surface area is 114 Å². The monoisotopic (exact) mass is 284 g/mol. The molecule has 1 aromatic heterocycles. The minimum atomic E-state index is -3.35. The lowest BCUT2D eigenvalue weighted by molar-refractivity contribution is 0.596. The first kappa shape index (κ1) is 14.0. The van der Waals surface area contributed by atoms with Crippen molar-refractivity contribution < 1.29 is 8.42 Å². The second-order valence-corrected chi connectivity index (χ2v) is 6.97. The van der Waals surface area contributed by atoms with Crippen LogP contribution in [0.25, 0.3) is 0 Å². The molecule has 2 heterocycles. The number of nitrogen functional groups attached to an aromatic ring is 1. The van der Waals surface area contributed by atoms with Crippen LogP contribution < -0.4 is 10.6 Å². The van der Waals surface area contributed by atoms with Crippen LogP contribution in [0.3, 0.4) is 0 Å². The quantitative estimate of drug-likeness (QED) is 0.898. The van der Waals surface area contributed by atoms with Gasteiger partial charge in [-0.05, 0) is 12.8 Å². The molecule has 19 heavy (non-hydrogen) atoms. The molecular weight excluding hydrogens is 264 g/mol. The maximum Gasteiger partial charge on any atom is 0.227 e. The van der Waals surface area contributed by atoms with E-state index in [1.165, 1.54) is 19.0 Å². The van der Waals surface area contributed by atoms with E-state index in [0.717, 1.165) is 25.9 Å². The Bertz CT molecular complexity index is 537. The van der Waals surface area contributed by atoms with Crippen LogP contribution in [0.2, 0.25) is 0 Å². The molecule has 7 heteroatoms. The summed E-state index contributed by atoms with van der Waals surface area (Å²) < 4.78 is 23.6. The predicted molar refractivity (Wildman–Crippen MR) is 74.9 cm³/mol. The highest BCUT2D eigenvalue weighted by Crippen LogP contribution is 2.21. The highest BCUT2D eigenvalue weighted by Gasteiger charge is 2.19. The SMILES string of the molecule is CCS(=O)(=O)c1cnc(N2CCCCCC2)nc1N. The van der Waals surface area contributed by atoms with Gasteiger partial charge in [-0.2, -0.15) is 4.98 Å². The average Bonchev–Trinajstić information content (AvgIpc) is 2.67. The van der Waals surface area contributed by atoms with Crippen LogP contribution in [0, 0.1) is 0 Å². The van der Waals surface area contributed by atoms with Crippen LogP contribution in [-0.4, -0.2) is 37.2 Å². The highest BCUT2D eigenvalue weighted by atomic mass is 32.2. The molecule has 1 aromatic rings. The number of hydrogen-bond acceptors (Lipinski definition) is 6. The zero-order valence-electron chi connectivity index (χ0n) is 11.2. The molecule has 2 rings (SSSR count). The molecule has 0 aromatic carbocycles. The Hall–Kier alpha value is -1.37. The van der Waals surface area contributed by atoms with E-state index in [1.807, 2.05) is 0 Å². The zero-order chi connectivity index (χ0) is 13.9. The minimum absolute atomic E-state index is 0.00359. The zero-order valence-corrected chi connectivity index (χ0v) is 12.0. The Morgan fingerprint density at radius 1 is 1.26 bits per heavy atom. The van der Waals surface area contributed by atoms with E-state index in [4.69, 9.17) is 5.73 Å². The van der Waals surface area contributed by atoms with Crippen molar-refractivity contribution >= 4 is 21.6 Å². The van der Waals surface area contributed by atoms with Gasteiger partial charge in [-0.25, -0.2) is 13.4 Å². The molecule has 0 amide bonds. The number of rotatable bonds is 3. The maximum atomic E-state index is 11.8. The van der Waals surface area contributed by atoms with E-state index >= 15 is 0 Å². The number of aromatic nitrogens is 2. The third-order valence-electron chi connectivity index (χ3n) is 3.37. The lowest BCUT2D eigenvalue weighted by Crippen LogP contribution is -2.26. The molecule has 1 saturated heterocycles. The topological polar surface area (TPSA) is 89.2 Å². The highest BCUT2D eigenvalue weighted by molar-refractivity contribution is 7.91. The van der Waals surface area contributed by atoms with Gasteiger partial charge in [0.05, 0.1) is 11.9 Å². The van der Waals surface area contributed by atoms with Gasteiger partial charge >= 0.3 is 0 Å². The Balaban J connectivity index is 2.28. The standard InChI is InChI=1S/C12H20N4O2S/c1-2-19(17,18)10-9-14-12(15-11(10)13)16-7-5-3-4-6-8-16/h9H,2-8H2,1H3,(H2,13,14,15). The Kier molecular flexibility index (Phi) is 4.24. The predicted octanol–water partition coefficient (Wildman–Crippen LogP) is 1.23. The summed E-state index contributed by atoms with van der Waals surface area (Å²) in [6.07, 6.45) is 5.99. The minimum Gasteiger partial charge on any atom is -0.382 e. The van der Waals surface area contributed by atoms with Crippen molar-refractivity contribution in [2.75, 3.05) is 29.5 Å². The molecule has 0 atom stereocenters. The first-order valence-electron chi connectivity index (χ1n) is 6.65. The number of hydrogen-bond donors (Lipinski definition) is 1. The number of nitrogens with zero attached hydrogens (tertiary/aromatic N) is 3. The number of nitrogens with two attached hydrogens (primary N) is 1. The number of sulfone groups is 1. The average molecular weight is 284 g/mol. The molecule has 0 aliphatic carbocycles. The molecule has 1 aliphatic rings. The van der Waals surface area contributed by atoms with Gasteiger partial charge in [0, 0.05) is 13.1 Å². The van der Waals surface area contributed by atoms with Gasteiger partial charge in [-0.1, -0.05) is 19.8 Å². The van der Waals surface area contributed by atoms with Gasteiger partial charge < -0.3 is 10.6 Å². The van der Waals surface area contributed by atoms with E-state index in [9.17, 15) is 8.42 Å². The molecule has 0 saturated carbocycles. The van der Waals surface area contributed by atoms with Crippen LogP contribution in [0.5, 0.6) is 0 Å². The second kappa shape index (κ2) is 5.73. The molecule has 0 spiro atoms. The summed E-state index contributed by atoms with van der Waals surface area (Å²) in [5.74, 6) is 0.592. The Morgan fingerprint density at radius 3 is 2.42 bits per heavy atom. The van der Waals surface area contributed by atoms with Gasteiger partial charge in [0.25, 0.3) is 0 Å². The lowest BCUT2D eigenvalue weighted by atomic mass is 10.2. The largest absolute Gasteiger partial charge is 0.382 e. The fraction of sp³-hybridized carbons (Fsp3) is 0.667. The smallest absolute Gasteiger partial charge is 0.227 e. The van der Waals surface area contributed by atoms with Gasteiger partial charge in [-0.15, -0.1) is 0 Å². The van der Waals surface area contributed by atoms with Crippen molar-refractivity contribution in [3.05, 3.63) is 6.20 Å². The van der Waals surface area contributed by atoms with E-state index in [-0.39, 0.29) is 16.5 Å². The molecule has 2 N–H and O–H groups in total. The van der Waals surface area contributed by atoms with Gasteiger partial charge in [0.2, 0.25) is 5.95 Å². The van der Waals surface area contributed by atoms with Crippen molar-refractivity contribution in [1.82, 2.24) is 9.97 Å². The lowest BCUT2D eigenvalue weighted by Gasteiger charge is -2.20. The molecule has 0 bridgehead atoms. The molecule has 0 unspecified atom stereocenters. The summed E-state index contributed by atoms with van der Waals surface area (Å²) in [6, 6.07) is 0. The van der Waals surface area contributed by atoms with Crippen molar-refractivity contribution in [2.45, 2.75) is 37.5 Å². The maximum absolute atomic E-state index is 11.8. The molecule has 106 valence electrons. The summed E-state index contributed by atoms with van der Waals surface area (Å²) in [5, 5.41) is 0. The molecule has 0 radical (unpaired) electrons.